The van der Waals surface area contributed by atoms with Crippen LogP contribution in [0.2, 0.25) is 0 Å². The van der Waals surface area contributed by atoms with Gasteiger partial charge in [-0.05, 0) is 24.5 Å². The van der Waals surface area contributed by atoms with Gasteiger partial charge in [-0.25, -0.2) is 0 Å². The van der Waals surface area contributed by atoms with Gasteiger partial charge in [0.15, 0.2) is 0 Å². The zero-order chi connectivity index (χ0) is 6.69. The third-order valence-corrected chi connectivity index (χ3v) is 1.30. The van der Waals surface area contributed by atoms with Crippen molar-refractivity contribution < 1.29 is 0 Å². The monoisotopic (exact) mass is 118 g/mol. The first-order chi connectivity index (χ1) is 4.30. The van der Waals surface area contributed by atoms with Crippen molar-refractivity contribution in [1.82, 2.24) is 0 Å². The van der Waals surface area contributed by atoms with Crippen LogP contribution in [-0.2, 0) is 0 Å². The van der Waals surface area contributed by atoms with Gasteiger partial charge in [0.1, 0.15) is 0 Å². The van der Waals surface area contributed by atoms with Crippen LogP contribution in [0.15, 0.2) is 24.3 Å². The van der Waals surface area contributed by atoms with Crippen LogP contribution in [0.5, 0.6) is 0 Å². The molecule has 9 heavy (non-hydrogen) atoms. The van der Waals surface area contributed by atoms with Gasteiger partial charge in [-0.1, -0.05) is 31.2 Å². The lowest BCUT2D eigenvalue weighted by Crippen LogP contribution is -1.84. The second kappa shape index (κ2) is 2.67. The van der Waals surface area contributed by atoms with E-state index in [4.69, 9.17) is 0 Å². The quantitative estimate of drug-likeness (QED) is 0.531. The molecule has 0 bridgehead atoms. The summed E-state index contributed by atoms with van der Waals surface area (Å²) in [6.45, 7) is 5.96. The highest BCUT2D eigenvalue weighted by Gasteiger charge is 1.93. The summed E-state index contributed by atoms with van der Waals surface area (Å²) in [5.74, 6) is 0.377. The number of benzene rings is 1. The second-order valence-corrected chi connectivity index (χ2v) is 2.24. The molecule has 1 aromatic carbocycles. The molecule has 1 aromatic rings. The smallest absolute Gasteiger partial charge is 0.0181 e. The summed E-state index contributed by atoms with van der Waals surface area (Å²) < 4.78 is 0. The van der Waals surface area contributed by atoms with E-state index in [0.29, 0.717) is 5.92 Å². The Labute approximate surface area is 56.5 Å². The maximum absolute atomic E-state index is 3.89. The normalized spacial score (nSPS) is 10.1. The van der Waals surface area contributed by atoms with E-state index in [9.17, 15) is 0 Å². The van der Waals surface area contributed by atoms with E-state index in [1.165, 1.54) is 5.56 Å². The summed E-state index contributed by atoms with van der Waals surface area (Å²) in [6.07, 6.45) is 0. The van der Waals surface area contributed by atoms with Crippen molar-refractivity contribution >= 4 is 0 Å². The summed E-state index contributed by atoms with van der Waals surface area (Å²) in [7, 11) is 0. The lowest BCUT2D eigenvalue weighted by Gasteiger charge is -2.01. The lowest BCUT2D eigenvalue weighted by atomic mass is 10.0. The van der Waals surface area contributed by atoms with E-state index in [0.717, 1.165) is 0 Å². The fraction of sp³-hybridized carbons (Fsp3) is 0.222. The van der Waals surface area contributed by atoms with Crippen LogP contribution in [-0.4, -0.2) is 0 Å². The highest BCUT2D eigenvalue weighted by molar-refractivity contribution is 5.18. The summed E-state index contributed by atoms with van der Waals surface area (Å²) >= 11 is 0. The predicted molar refractivity (Wildman–Crippen MR) is 39.1 cm³/mol. The van der Waals surface area contributed by atoms with E-state index in [-0.39, 0.29) is 0 Å². The molecular formula is C9H10. The molecule has 0 amide bonds. The minimum atomic E-state index is 0.377. The molecule has 1 atom stereocenters. The summed E-state index contributed by atoms with van der Waals surface area (Å²) in [5.41, 5.74) is 1.25. The first-order valence-electron chi connectivity index (χ1n) is 3.10. The predicted octanol–water partition coefficient (Wildman–Crippen LogP) is 2.42. The van der Waals surface area contributed by atoms with Gasteiger partial charge in [0.2, 0.25) is 0 Å². The molecule has 46 valence electrons. The molecule has 0 saturated heterocycles. The molecule has 0 aliphatic carbocycles. The van der Waals surface area contributed by atoms with Crippen LogP contribution < -0.4 is 0 Å². The molecule has 0 saturated carbocycles. The van der Waals surface area contributed by atoms with Gasteiger partial charge in [-0.15, -0.1) is 0 Å². The van der Waals surface area contributed by atoms with Crippen LogP contribution in [0.1, 0.15) is 18.4 Å². The van der Waals surface area contributed by atoms with Crippen molar-refractivity contribution in [3.8, 4) is 0 Å². The fourth-order valence-electron chi connectivity index (χ4n) is 0.714. The van der Waals surface area contributed by atoms with Crippen molar-refractivity contribution in [1.29, 1.82) is 0 Å². The van der Waals surface area contributed by atoms with Crippen molar-refractivity contribution in [3.63, 3.8) is 0 Å². The SMILES string of the molecule is [CH2]C(C)c1c[c]ccc1. The number of hydrogen-bond acceptors (Lipinski definition) is 0. The minimum absolute atomic E-state index is 0.377. The highest BCUT2D eigenvalue weighted by atomic mass is 14.0. The summed E-state index contributed by atoms with van der Waals surface area (Å²) in [4.78, 5) is 0. The van der Waals surface area contributed by atoms with E-state index < -0.39 is 0 Å². The van der Waals surface area contributed by atoms with Crippen LogP contribution in [0.4, 0.5) is 0 Å². The molecule has 0 heteroatoms. The molecule has 0 heterocycles. The Morgan fingerprint density at radius 2 is 2.44 bits per heavy atom. The molecule has 0 aliphatic heterocycles. The Hall–Kier alpha value is -0.780. The molecule has 0 fully saturated rings. The Bertz CT molecular complexity index is 163. The first-order valence-corrected chi connectivity index (χ1v) is 3.10. The highest BCUT2D eigenvalue weighted by Crippen LogP contribution is 2.10. The summed E-state index contributed by atoms with van der Waals surface area (Å²) in [6, 6.07) is 10.9. The third-order valence-electron chi connectivity index (χ3n) is 1.30. The maximum Gasteiger partial charge on any atom is -0.0181 e. The standard InChI is InChI=1S/C9H10/c1-8(2)9-6-4-3-5-7-9/h3-4,6-8H,1H2,2H3. The Morgan fingerprint density at radius 1 is 1.67 bits per heavy atom. The first kappa shape index (κ1) is 6.34. The van der Waals surface area contributed by atoms with Gasteiger partial charge in [0.25, 0.3) is 0 Å². The average Bonchev–Trinajstić information content (AvgIpc) is 1.90. The Morgan fingerprint density at radius 3 is 2.78 bits per heavy atom. The van der Waals surface area contributed by atoms with E-state index in [1.807, 2.05) is 18.2 Å². The maximum atomic E-state index is 3.89. The average molecular weight is 118 g/mol. The van der Waals surface area contributed by atoms with Crippen LogP contribution >= 0.6 is 0 Å². The van der Waals surface area contributed by atoms with Gasteiger partial charge < -0.3 is 0 Å². The number of hydrogen-bond donors (Lipinski definition) is 0. The molecule has 0 nitrogen and oxygen atoms in total. The zero-order valence-electron chi connectivity index (χ0n) is 5.59. The van der Waals surface area contributed by atoms with Gasteiger partial charge in [-0.3, -0.25) is 0 Å². The zero-order valence-corrected chi connectivity index (χ0v) is 5.59. The van der Waals surface area contributed by atoms with Gasteiger partial charge in [0.05, 0.1) is 0 Å². The van der Waals surface area contributed by atoms with Gasteiger partial charge in [-0.2, -0.15) is 0 Å². The second-order valence-electron chi connectivity index (χ2n) is 2.24. The van der Waals surface area contributed by atoms with Crippen molar-refractivity contribution in [3.05, 3.63) is 42.8 Å². The van der Waals surface area contributed by atoms with E-state index in [1.54, 1.807) is 0 Å². The van der Waals surface area contributed by atoms with Crippen LogP contribution in [0, 0.1) is 13.0 Å². The van der Waals surface area contributed by atoms with Gasteiger partial charge in [0, 0.05) is 0 Å². The van der Waals surface area contributed by atoms with E-state index >= 15 is 0 Å². The topological polar surface area (TPSA) is 0 Å². The van der Waals surface area contributed by atoms with Crippen LogP contribution in [0.3, 0.4) is 0 Å². The summed E-state index contributed by atoms with van der Waals surface area (Å²) in [5, 5.41) is 0. The third kappa shape index (κ3) is 1.56. The number of rotatable bonds is 1. The van der Waals surface area contributed by atoms with E-state index in [2.05, 4.69) is 26.0 Å². The van der Waals surface area contributed by atoms with Crippen molar-refractivity contribution in [2.75, 3.05) is 0 Å². The molecule has 0 aliphatic rings. The molecular weight excluding hydrogens is 108 g/mol. The molecule has 0 N–H and O–H groups in total. The largest absolute Gasteiger partial charge is 0.0614 e. The van der Waals surface area contributed by atoms with Crippen LogP contribution in [0.25, 0.3) is 0 Å². The van der Waals surface area contributed by atoms with Crippen molar-refractivity contribution in [2.24, 2.45) is 0 Å². The Kier molecular flexibility index (Phi) is 1.88. The van der Waals surface area contributed by atoms with Gasteiger partial charge >= 0.3 is 0 Å². The molecule has 0 aromatic heterocycles. The molecule has 1 unspecified atom stereocenters. The van der Waals surface area contributed by atoms with Crippen molar-refractivity contribution in [2.45, 2.75) is 12.8 Å². The minimum Gasteiger partial charge on any atom is -0.0614 e. The lowest BCUT2D eigenvalue weighted by molar-refractivity contribution is 0.964. The molecule has 0 spiro atoms. The fourth-order valence-corrected chi connectivity index (χ4v) is 0.714. The Balaban J connectivity index is 2.85. The molecule has 1 rings (SSSR count). The molecule has 2 radical (unpaired) electrons.